The Morgan fingerprint density at radius 3 is 2.57 bits per heavy atom. The van der Waals surface area contributed by atoms with Crippen molar-refractivity contribution in [2.24, 2.45) is 11.8 Å². The number of hydrogen-bond acceptors (Lipinski definition) is 4. The van der Waals surface area contributed by atoms with E-state index in [-0.39, 0.29) is 11.6 Å². The van der Waals surface area contributed by atoms with E-state index in [4.69, 9.17) is 0 Å². The van der Waals surface area contributed by atoms with Gasteiger partial charge in [0.15, 0.2) is 0 Å². The Hall–Kier alpha value is -1.53. The van der Waals surface area contributed by atoms with Crippen LogP contribution in [0.4, 0.5) is 24.8 Å². The Morgan fingerprint density at radius 2 is 1.95 bits per heavy atom. The number of anilines is 2. The largest absolute Gasteiger partial charge is 0.451 e. The number of nitrogens with zero attached hydrogens (tertiary/aromatic N) is 2. The van der Waals surface area contributed by atoms with Crippen LogP contribution >= 0.6 is 0 Å². The van der Waals surface area contributed by atoms with Crippen molar-refractivity contribution < 1.29 is 13.2 Å². The molecule has 2 rings (SSSR count). The fraction of sp³-hybridized carbons (Fsp3) is 0.714. The summed E-state index contributed by atoms with van der Waals surface area (Å²) in [5, 5.41) is 5.66. The predicted molar refractivity (Wildman–Crippen MR) is 76.2 cm³/mol. The minimum Gasteiger partial charge on any atom is -0.373 e. The van der Waals surface area contributed by atoms with E-state index in [0.717, 1.165) is 12.8 Å². The number of nitrogens with one attached hydrogen (secondary N) is 2. The first-order valence-corrected chi connectivity index (χ1v) is 7.26. The zero-order chi connectivity index (χ0) is 15.5. The lowest BCUT2D eigenvalue weighted by atomic mass is 9.82. The molecular weight excluding hydrogens is 281 g/mol. The maximum atomic E-state index is 12.7. The summed E-state index contributed by atoms with van der Waals surface area (Å²) in [6, 6.07) is 1.50. The second-order valence-corrected chi connectivity index (χ2v) is 5.73. The van der Waals surface area contributed by atoms with Gasteiger partial charge >= 0.3 is 6.18 Å². The van der Waals surface area contributed by atoms with Crippen LogP contribution in [-0.4, -0.2) is 23.6 Å². The third-order valence-corrected chi connectivity index (χ3v) is 3.85. The van der Waals surface area contributed by atoms with E-state index in [1.807, 2.05) is 0 Å². The van der Waals surface area contributed by atoms with Crippen LogP contribution in [0.1, 0.15) is 38.4 Å². The summed E-state index contributed by atoms with van der Waals surface area (Å²) in [5.41, 5.74) is 0. The smallest absolute Gasteiger partial charge is 0.373 e. The summed E-state index contributed by atoms with van der Waals surface area (Å²) < 4.78 is 38.2. The van der Waals surface area contributed by atoms with Crippen LogP contribution < -0.4 is 10.6 Å². The first-order chi connectivity index (χ1) is 9.88. The quantitative estimate of drug-likeness (QED) is 0.889. The Bertz CT molecular complexity index is 476. The first-order valence-electron chi connectivity index (χ1n) is 7.26. The molecule has 0 spiro atoms. The second kappa shape index (κ2) is 6.49. The summed E-state index contributed by atoms with van der Waals surface area (Å²) in [6.45, 7) is 2.87. The molecular formula is C14H21F3N4. The van der Waals surface area contributed by atoms with Crippen molar-refractivity contribution in [2.45, 2.75) is 38.8 Å². The van der Waals surface area contributed by atoms with Gasteiger partial charge in [0.25, 0.3) is 0 Å². The standard InChI is InChI=1S/C14H21F3N4/c1-9-4-3-5-10(6-9)8-19-12-7-11(18-2)20-13(21-12)14(15,16)17/h7,9-10H,3-6,8H2,1-2H3,(H2,18,19,20,21). The van der Waals surface area contributed by atoms with Gasteiger partial charge in [0.05, 0.1) is 0 Å². The SMILES string of the molecule is CNc1cc(NCC2CCCC(C)C2)nc(C(F)(F)F)n1. The number of rotatable bonds is 4. The van der Waals surface area contributed by atoms with Gasteiger partial charge in [-0.15, -0.1) is 0 Å². The van der Waals surface area contributed by atoms with Crippen molar-refractivity contribution in [1.82, 2.24) is 9.97 Å². The van der Waals surface area contributed by atoms with Crippen LogP contribution in [0.2, 0.25) is 0 Å². The molecule has 2 unspecified atom stereocenters. The number of hydrogen-bond donors (Lipinski definition) is 2. The average Bonchev–Trinajstić information content (AvgIpc) is 2.44. The van der Waals surface area contributed by atoms with Crippen molar-refractivity contribution in [1.29, 1.82) is 0 Å². The van der Waals surface area contributed by atoms with Crippen molar-refractivity contribution >= 4 is 11.6 Å². The van der Waals surface area contributed by atoms with Gasteiger partial charge < -0.3 is 10.6 Å². The summed E-state index contributed by atoms with van der Waals surface area (Å²) in [7, 11) is 1.54. The van der Waals surface area contributed by atoms with Gasteiger partial charge in [0, 0.05) is 19.7 Å². The summed E-state index contributed by atoms with van der Waals surface area (Å²) in [6.07, 6.45) is 0.123. The van der Waals surface area contributed by atoms with Crippen molar-refractivity contribution in [3.63, 3.8) is 0 Å². The van der Waals surface area contributed by atoms with E-state index in [1.165, 1.54) is 26.0 Å². The van der Waals surface area contributed by atoms with Crippen molar-refractivity contribution in [2.75, 3.05) is 24.2 Å². The topological polar surface area (TPSA) is 49.8 Å². The molecule has 1 aliphatic rings. The molecule has 0 aliphatic heterocycles. The van der Waals surface area contributed by atoms with Gasteiger partial charge in [0.2, 0.25) is 5.82 Å². The maximum absolute atomic E-state index is 12.7. The molecule has 0 bridgehead atoms. The van der Waals surface area contributed by atoms with Gasteiger partial charge in [-0.1, -0.05) is 19.8 Å². The van der Waals surface area contributed by atoms with Crippen LogP contribution in [0.25, 0.3) is 0 Å². The molecule has 1 heterocycles. The predicted octanol–water partition coefficient (Wildman–Crippen LogP) is 3.78. The van der Waals surface area contributed by atoms with E-state index in [0.29, 0.717) is 18.4 Å². The van der Waals surface area contributed by atoms with Gasteiger partial charge in [-0.25, -0.2) is 9.97 Å². The van der Waals surface area contributed by atoms with Gasteiger partial charge in [-0.2, -0.15) is 13.2 Å². The van der Waals surface area contributed by atoms with Crippen molar-refractivity contribution in [3.8, 4) is 0 Å². The molecule has 0 saturated heterocycles. The monoisotopic (exact) mass is 302 g/mol. The molecule has 21 heavy (non-hydrogen) atoms. The summed E-state index contributed by atoms with van der Waals surface area (Å²) in [4.78, 5) is 7.01. The molecule has 118 valence electrons. The van der Waals surface area contributed by atoms with E-state index >= 15 is 0 Å². The van der Waals surface area contributed by atoms with Crippen LogP contribution in [0, 0.1) is 11.8 Å². The van der Waals surface area contributed by atoms with Gasteiger partial charge in [-0.05, 0) is 24.7 Å². The highest BCUT2D eigenvalue weighted by Gasteiger charge is 2.35. The van der Waals surface area contributed by atoms with Crippen molar-refractivity contribution in [3.05, 3.63) is 11.9 Å². The third kappa shape index (κ3) is 4.47. The van der Waals surface area contributed by atoms with E-state index in [2.05, 4.69) is 27.5 Å². The first kappa shape index (κ1) is 15.9. The Morgan fingerprint density at radius 1 is 1.24 bits per heavy atom. The molecule has 1 aliphatic carbocycles. The Balaban J connectivity index is 2.05. The lowest BCUT2D eigenvalue weighted by Crippen LogP contribution is -2.22. The van der Waals surface area contributed by atoms with Crippen LogP contribution in [-0.2, 0) is 6.18 Å². The minimum absolute atomic E-state index is 0.164. The second-order valence-electron chi connectivity index (χ2n) is 5.73. The highest BCUT2D eigenvalue weighted by Crippen LogP contribution is 2.30. The fourth-order valence-corrected chi connectivity index (χ4v) is 2.79. The molecule has 1 aromatic heterocycles. The normalized spacial score (nSPS) is 22.9. The molecule has 0 aromatic carbocycles. The molecule has 0 radical (unpaired) electrons. The van der Waals surface area contributed by atoms with E-state index in [1.54, 1.807) is 0 Å². The van der Waals surface area contributed by atoms with Crippen LogP contribution in [0.3, 0.4) is 0 Å². The molecule has 1 fully saturated rings. The third-order valence-electron chi connectivity index (χ3n) is 3.85. The van der Waals surface area contributed by atoms with E-state index in [9.17, 15) is 13.2 Å². The highest BCUT2D eigenvalue weighted by molar-refractivity contribution is 5.47. The Labute approximate surface area is 122 Å². The highest BCUT2D eigenvalue weighted by atomic mass is 19.4. The van der Waals surface area contributed by atoms with Crippen LogP contribution in [0.15, 0.2) is 6.07 Å². The summed E-state index contributed by atoms with van der Waals surface area (Å²) in [5.74, 6) is 0.455. The average molecular weight is 302 g/mol. The molecule has 1 aromatic rings. The zero-order valence-corrected chi connectivity index (χ0v) is 12.3. The lowest BCUT2D eigenvalue weighted by Gasteiger charge is -2.27. The molecule has 2 atom stereocenters. The molecule has 0 amide bonds. The minimum atomic E-state index is -4.54. The summed E-state index contributed by atoms with van der Waals surface area (Å²) >= 11 is 0. The zero-order valence-electron chi connectivity index (χ0n) is 12.3. The number of alkyl halides is 3. The number of aromatic nitrogens is 2. The lowest BCUT2D eigenvalue weighted by molar-refractivity contribution is -0.144. The number of halogens is 3. The van der Waals surface area contributed by atoms with Gasteiger partial charge in [0.1, 0.15) is 11.6 Å². The maximum Gasteiger partial charge on any atom is 0.451 e. The Kier molecular flexibility index (Phi) is 4.90. The molecule has 4 nitrogen and oxygen atoms in total. The molecule has 7 heteroatoms. The molecule has 2 N–H and O–H groups in total. The van der Waals surface area contributed by atoms with E-state index < -0.39 is 12.0 Å². The molecule has 1 saturated carbocycles. The van der Waals surface area contributed by atoms with Gasteiger partial charge in [-0.3, -0.25) is 0 Å². The van der Waals surface area contributed by atoms with Crippen LogP contribution in [0.5, 0.6) is 0 Å². The fourth-order valence-electron chi connectivity index (χ4n) is 2.79.